The minimum Gasteiger partial charge on any atom is -0.490 e. The first-order chi connectivity index (χ1) is 15.4. The van der Waals surface area contributed by atoms with Crippen molar-refractivity contribution in [3.63, 3.8) is 0 Å². The monoisotopic (exact) mass is 518 g/mol. The van der Waals surface area contributed by atoms with E-state index >= 15 is 0 Å². The number of fused-ring (bicyclic) bond motifs is 1. The van der Waals surface area contributed by atoms with Crippen LogP contribution in [0.3, 0.4) is 0 Å². The van der Waals surface area contributed by atoms with Gasteiger partial charge in [0.15, 0.2) is 0 Å². The van der Waals surface area contributed by atoms with Crippen LogP contribution in [0.4, 0.5) is 5.82 Å². The highest BCUT2D eigenvalue weighted by molar-refractivity contribution is 9.10. The van der Waals surface area contributed by atoms with Gasteiger partial charge in [0.25, 0.3) is 0 Å². The Morgan fingerprint density at radius 1 is 1.41 bits per heavy atom. The van der Waals surface area contributed by atoms with Crippen molar-refractivity contribution in [2.24, 2.45) is 10.7 Å². The average Bonchev–Trinajstić information content (AvgIpc) is 3.37. The SMILES string of the molecule is C/C=N\c1c(/C(N)=C(\C)CC)c(Br)cn1C1CCC(Oc2cc(Cl)cc3c2CNCC3)C1. The molecule has 0 saturated heterocycles. The van der Waals surface area contributed by atoms with Crippen LogP contribution < -0.4 is 15.8 Å². The van der Waals surface area contributed by atoms with Gasteiger partial charge in [-0.05, 0) is 85.3 Å². The third-order valence-electron chi connectivity index (χ3n) is 6.65. The number of benzene rings is 1. The van der Waals surface area contributed by atoms with Gasteiger partial charge in [-0.1, -0.05) is 18.5 Å². The van der Waals surface area contributed by atoms with Gasteiger partial charge in [-0.2, -0.15) is 0 Å². The molecule has 1 fully saturated rings. The summed E-state index contributed by atoms with van der Waals surface area (Å²) in [5, 5.41) is 4.20. The van der Waals surface area contributed by atoms with Crippen molar-refractivity contribution in [1.82, 2.24) is 9.88 Å². The third-order valence-corrected chi connectivity index (χ3v) is 7.47. The molecule has 2 aromatic rings. The fourth-order valence-corrected chi connectivity index (χ4v) is 5.60. The normalized spacial score (nSPS) is 21.7. The molecule has 7 heteroatoms. The Labute approximate surface area is 204 Å². The zero-order valence-corrected chi connectivity index (χ0v) is 21.4. The van der Waals surface area contributed by atoms with E-state index in [1.807, 2.05) is 19.2 Å². The topological polar surface area (TPSA) is 64.6 Å². The van der Waals surface area contributed by atoms with E-state index in [2.05, 4.69) is 51.9 Å². The van der Waals surface area contributed by atoms with Crippen molar-refractivity contribution < 1.29 is 4.74 Å². The fraction of sp³-hybridized carbons (Fsp3) is 0.480. The summed E-state index contributed by atoms with van der Waals surface area (Å²) in [7, 11) is 0. The van der Waals surface area contributed by atoms with Crippen LogP contribution >= 0.6 is 27.5 Å². The van der Waals surface area contributed by atoms with Crippen LogP contribution in [0.2, 0.25) is 5.02 Å². The highest BCUT2D eigenvalue weighted by Crippen LogP contribution is 2.43. The summed E-state index contributed by atoms with van der Waals surface area (Å²) < 4.78 is 9.78. The summed E-state index contributed by atoms with van der Waals surface area (Å²) in [5.41, 5.74) is 12.0. The third kappa shape index (κ3) is 4.63. The molecule has 2 unspecified atom stereocenters. The van der Waals surface area contributed by atoms with Crippen molar-refractivity contribution >= 4 is 45.3 Å². The lowest BCUT2D eigenvalue weighted by Crippen LogP contribution is -2.25. The highest BCUT2D eigenvalue weighted by atomic mass is 79.9. The highest BCUT2D eigenvalue weighted by Gasteiger charge is 2.31. The molecule has 0 radical (unpaired) electrons. The summed E-state index contributed by atoms with van der Waals surface area (Å²) in [6, 6.07) is 4.36. The summed E-state index contributed by atoms with van der Waals surface area (Å²) in [6.07, 6.45) is 8.99. The lowest BCUT2D eigenvalue weighted by molar-refractivity contribution is 0.201. The smallest absolute Gasteiger partial charge is 0.142 e. The zero-order chi connectivity index (χ0) is 22.8. The van der Waals surface area contributed by atoms with E-state index in [0.29, 0.717) is 6.04 Å². The number of ether oxygens (including phenoxy) is 1. The molecule has 1 aromatic carbocycles. The Morgan fingerprint density at radius 2 is 2.22 bits per heavy atom. The number of nitrogens with one attached hydrogen (secondary N) is 1. The molecule has 172 valence electrons. The number of rotatable bonds is 6. The van der Waals surface area contributed by atoms with E-state index in [-0.39, 0.29) is 6.10 Å². The lowest BCUT2D eigenvalue weighted by atomic mass is 10.00. The van der Waals surface area contributed by atoms with E-state index in [1.165, 1.54) is 16.7 Å². The minimum atomic E-state index is 0.151. The number of allylic oxidation sites excluding steroid dienone is 1. The number of aliphatic imine (C=N–C) groups is 1. The van der Waals surface area contributed by atoms with Crippen molar-refractivity contribution in [3.8, 4) is 5.75 Å². The van der Waals surface area contributed by atoms with Crippen molar-refractivity contribution in [2.75, 3.05) is 6.54 Å². The molecule has 32 heavy (non-hydrogen) atoms. The number of halogens is 2. The number of nitrogens with two attached hydrogens (primary N) is 1. The van der Waals surface area contributed by atoms with Crippen LogP contribution in [0.15, 0.2) is 33.4 Å². The average molecular weight is 520 g/mol. The van der Waals surface area contributed by atoms with Crippen molar-refractivity contribution in [1.29, 1.82) is 0 Å². The van der Waals surface area contributed by atoms with Crippen molar-refractivity contribution in [3.05, 3.63) is 50.1 Å². The van der Waals surface area contributed by atoms with Gasteiger partial charge < -0.3 is 20.4 Å². The van der Waals surface area contributed by atoms with Crippen LogP contribution in [0.5, 0.6) is 5.75 Å². The molecule has 0 amide bonds. The number of nitrogens with zero attached hydrogens (tertiary/aromatic N) is 2. The van der Waals surface area contributed by atoms with Crippen LogP contribution in [-0.4, -0.2) is 23.4 Å². The molecular formula is C25H32BrClN4O. The first-order valence-corrected chi connectivity index (χ1v) is 12.6. The van der Waals surface area contributed by atoms with Crippen LogP contribution in [0.25, 0.3) is 5.70 Å². The molecule has 1 aliphatic carbocycles. The van der Waals surface area contributed by atoms with Gasteiger partial charge in [0.2, 0.25) is 0 Å². The van der Waals surface area contributed by atoms with E-state index in [9.17, 15) is 0 Å². The summed E-state index contributed by atoms with van der Waals surface area (Å²) in [6.45, 7) is 7.97. The first-order valence-electron chi connectivity index (χ1n) is 11.5. The maximum atomic E-state index is 6.52. The standard InChI is InChI=1S/C25H32BrClN4O/c1-4-15(3)24(28)23-21(26)14-31(25(23)30-5-2)18-6-7-19(12-18)32-22-11-17(27)10-16-8-9-29-13-20(16)22/h5,10-11,14,18-19,29H,4,6-9,12-13,28H2,1-3H3/b24-15-,30-5-. The maximum Gasteiger partial charge on any atom is 0.142 e. The predicted molar refractivity (Wildman–Crippen MR) is 137 cm³/mol. The van der Waals surface area contributed by atoms with E-state index in [0.717, 1.165) is 77.5 Å². The fourth-order valence-electron chi connectivity index (χ4n) is 4.76. The summed E-state index contributed by atoms with van der Waals surface area (Å²) in [4.78, 5) is 4.72. The molecule has 2 heterocycles. The van der Waals surface area contributed by atoms with E-state index in [1.54, 1.807) is 0 Å². The van der Waals surface area contributed by atoms with E-state index < -0.39 is 0 Å². The molecule has 5 nitrogen and oxygen atoms in total. The second-order valence-electron chi connectivity index (χ2n) is 8.69. The predicted octanol–water partition coefficient (Wildman–Crippen LogP) is 6.54. The van der Waals surface area contributed by atoms with Crippen LogP contribution in [0.1, 0.15) is 69.2 Å². The minimum absolute atomic E-state index is 0.151. The molecule has 1 aliphatic heterocycles. The van der Waals surface area contributed by atoms with Gasteiger partial charge in [0.05, 0.1) is 5.56 Å². The molecule has 1 aromatic heterocycles. The molecular weight excluding hydrogens is 488 g/mol. The first kappa shape index (κ1) is 23.4. The maximum absolute atomic E-state index is 6.52. The molecule has 4 rings (SSSR count). The van der Waals surface area contributed by atoms with Crippen molar-refractivity contribution in [2.45, 2.75) is 71.6 Å². The Morgan fingerprint density at radius 3 is 2.97 bits per heavy atom. The quantitative estimate of drug-likeness (QED) is 0.426. The van der Waals surface area contributed by atoms with Gasteiger partial charge in [-0.15, -0.1) is 0 Å². The second-order valence-corrected chi connectivity index (χ2v) is 9.98. The van der Waals surface area contributed by atoms with Crippen LogP contribution in [-0.2, 0) is 13.0 Å². The molecule has 2 aliphatic rings. The Kier molecular flexibility index (Phi) is 7.33. The molecule has 3 N–H and O–H groups in total. The zero-order valence-electron chi connectivity index (χ0n) is 19.0. The Bertz CT molecular complexity index is 1060. The Balaban J connectivity index is 1.59. The molecule has 1 saturated carbocycles. The lowest BCUT2D eigenvalue weighted by Gasteiger charge is -2.23. The largest absolute Gasteiger partial charge is 0.490 e. The molecule has 0 spiro atoms. The van der Waals surface area contributed by atoms with E-state index in [4.69, 9.17) is 27.1 Å². The van der Waals surface area contributed by atoms with Crippen LogP contribution in [0, 0.1) is 0 Å². The summed E-state index contributed by atoms with van der Waals surface area (Å²) >= 11 is 10.1. The second kappa shape index (κ2) is 10.0. The summed E-state index contributed by atoms with van der Waals surface area (Å²) in [5.74, 6) is 1.84. The van der Waals surface area contributed by atoms with Gasteiger partial charge in [0, 0.05) is 52.2 Å². The molecule has 0 bridgehead atoms. The molecule has 2 atom stereocenters. The van der Waals surface area contributed by atoms with Gasteiger partial charge in [-0.25, -0.2) is 4.99 Å². The Hall–Kier alpha value is -1.76. The number of hydrogen-bond acceptors (Lipinski definition) is 4. The van der Waals surface area contributed by atoms with Gasteiger partial charge in [0.1, 0.15) is 17.7 Å². The van der Waals surface area contributed by atoms with Gasteiger partial charge >= 0.3 is 0 Å². The number of aromatic nitrogens is 1. The van der Waals surface area contributed by atoms with Gasteiger partial charge in [-0.3, -0.25) is 0 Å². The number of hydrogen-bond donors (Lipinski definition) is 2.